The average Bonchev–Trinajstić information content (AvgIpc) is 2.86. The van der Waals surface area contributed by atoms with Crippen LogP contribution in [-0.4, -0.2) is 46.6 Å². The first kappa shape index (κ1) is 37.5. The second kappa shape index (κ2) is 16.9. The molecule has 3 aromatic carbocycles. The maximum absolute atomic E-state index is 10.6. The molecule has 0 amide bonds. The zero-order valence-electron chi connectivity index (χ0n) is 25.1. The van der Waals surface area contributed by atoms with Gasteiger partial charge in [-0.3, -0.25) is 0 Å². The van der Waals surface area contributed by atoms with Gasteiger partial charge in [-0.05, 0) is 33.2 Å². The van der Waals surface area contributed by atoms with Crippen LogP contribution in [0.1, 0.15) is 55.4 Å². The molecule has 0 aliphatic rings. The summed E-state index contributed by atoms with van der Waals surface area (Å²) in [6.07, 6.45) is -5.08. The Hall–Kier alpha value is -1.53. The number of hydrogen-bond acceptors (Lipinski definition) is 1. The number of alkyl halides is 3. The van der Waals surface area contributed by atoms with E-state index in [0.29, 0.717) is 22.6 Å². The van der Waals surface area contributed by atoms with Crippen LogP contribution in [0.5, 0.6) is 0 Å². The second-order valence-corrected chi connectivity index (χ2v) is 17.7. The third kappa shape index (κ3) is 10.3. The number of carbonyl (C=O) groups is 1. The predicted molar refractivity (Wildman–Crippen MR) is 171 cm³/mol. The molecule has 225 valence electrons. The molecule has 0 heterocycles. The molecule has 0 fully saturated rings. The molecule has 0 saturated carbocycles. The second-order valence-electron chi connectivity index (χ2n) is 11.0. The number of rotatable bonds is 9. The van der Waals surface area contributed by atoms with Gasteiger partial charge in [-0.2, -0.15) is 13.2 Å². The van der Waals surface area contributed by atoms with E-state index in [4.69, 9.17) is 9.90 Å². The van der Waals surface area contributed by atoms with Crippen molar-refractivity contribution in [2.45, 2.75) is 84.2 Å². The molecule has 2 nitrogen and oxygen atoms in total. The van der Waals surface area contributed by atoms with E-state index in [-0.39, 0.29) is 42.0 Å². The molecular formula is C32H42BF3O2P2Rh. The minimum absolute atomic E-state index is 0. The quantitative estimate of drug-likeness (QED) is 0.201. The van der Waals surface area contributed by atoms with Gasteiger partial charge < -0.3 is 5.11 Å². The van der Waals surface area contributed by atoms with Gasteiger partial charge in [0.25, 0.3) is 0 Å². The summed E-state index contributed by atoms with van der Waals surface area (Å²) in [4.78, 5) is 8.90. The monoisotopic (exact) mass is 691 g/mol. The van der Waals surface area contributed by atoms with Crippen LogP contribution in [0.2, 0.25) is 0 Å². The number of benzene rings is 3. The Labute approximate surface area is 260 Å². The van der Waals surface area contributed by atoms with Gasteiger partial charge in [-0.1, -0.05) is 166 Å². The Morgan fingerprint density at radius 2 is 0.927 bits per heavy atom. The molecule has 41 heavy (non-hydrogen) atoms. The van der Waals surface area contributed by atoms with Crippen molar-refractivity contribution in [3.05, 3.63) is 78.9 Å². The topological polar surface area (TPSA) is 37.3 Å². The summed E-state index contributed by atoms with van der Waals surface area (Å²) in [6.45, 7) is 19.5. The van der Waals surface area contributed by atoms with E-state index in [0.717, 1.165) is 0 Å². The zero-order valence-corrected chi connectivity index (χ0v) is 28.5. The summed E-state index contributed by atoms with van der Waals surface area (Å²) < 4.78 is 31.7. The Kier molecular flexibility index (Phi) is 15.5. The summed E-state index contributed by atoms with van der Waals surface area (Å²) in [5.74, 6) is -2.76. The molecule has 3 aromatic rings. The van der Waals surface area contributed by atoms with Crippen molar-refractivity contribution >= 4 is 55.5 Å². The molecule has 0 aliphatic heterocycles. The van der Waals surface area contributed by atoms with Crippen molar-refractivity contribution in [2.75, 3.05) is 0 Å². The van der Waals surface area contributed by atoms with Gasteiger partial charge in [0.2, 0.25) is 6.71 Å². The molecule has 1 N–H and O–H groups in total. The predicted octanol–water partition coefficient (Wildman–Crippen LogP) is 6.68. The number of hydrogen-bond donors (Lipinski definition) is 1. The minimum Gasteiger partial charge on any atom is -0.475 e. The first-order chi connectivity index (χ1) is 18.7. The van der Waals surface area contributed by atoms with Crippen LogP contribution >= 0.6 is 15.8 Å². The summed E-state index contributed by atoms with van der Waals surface area (Å²) in [6, 6.07) is 29.9. The Morgan fingerprint density at radius 3 is 1.22 bits per heavy atom. The molecule has 0 bridgehead atoms. The molecular weight excluding hydrogens is 649 g/mol. The van der Waals surface area contributed by atoms with Gasteiger partial charge in [-0.25, -0.2) is 4.79 Å². The maximum atomic E-state index is 10.6. The maximum Gasteiger partial charge on any atom is 0.490 e. The molecule has 9 heteroatoms. The fraction of sp³-hybridized carbons (Fsp3) is 0.406. The molecule has 0 aliphatic carbocycles. The van der Waals surface area contributed by atoms with Crippen molar-refractivity contribution in [3.63, 3.8) is 0 Å². The smallest absolute Gasteiger partial charge is 0.475 e. The van der Waals surface area contributed by atoms with Crippen LogP contribution in [-0.2, 0) is 24.3 Å². The molecule has 0 aromatic heterocycles. The summed E-state index contributed by atoms with van der Waals surface area (Å²) in [5.41, 5.74) is 7.07. The first-order valence-electron chi connectivity index (χ1n) is 13.8. The first-order valence-corrected chi connectivity index (χ1v) is 16.7. The van der Waals surface area contributed by atoms with Crippen LogP contribution < -0.4 is 27.0 Å². The number of carboxylic acid groups (broad SMARTS) is 1. The van der Waals surface area contributed by atoms with Gasteiger partial charge in [0.1, 0.15) is 0 Å². The third-order valence-electron chi connectivity index (χ3n) is 6.65. The Bertz CT molecular complexity index is 1140. The standard InChI is InChI=1S/C30H41BP2.C2HF3O2.Rh/c1-22(2)32(23(3)4)29-20-14-12-18-27(29)31(26-16-10-9-11-17-26)28-19-13-15-21-30(28)33(24(5)6)25(7)8;3-2(4,5)1(6)7;/h9-25H,1-8H3;(H,6,7);. The molecule has 1 radical (unpaired) electrons. The van der Waals surface area contributed by atoms with Crippen molar-refractivity contribution in [1.82, 2.24) is 0 Å². The number of carboxylic acids is 1. The largest absolute Gasteiger partial charge is 0.490 e. The molecule has 0 spiro atoms. The fourth-order valence-corrected chi connectivity index (χ4v) is 11.5. The SMILES string of the molecule is CC(C)P(c1ccccc1B(c1ccccc1)c1ccccc1P(C(C)C)C(C)C)C(C)C.O=C(O)C(F)(F)F.[Rh]. The van der Waals surface area contributed by atoms with E-state index in [1.54, 1.807) is 10.6 Å². The van der Waals surface area contributed by atoms with E-state index in [1.807, 2.05) is 0 Å². The minimum atomic E-state index is -5.08. The van der Waals surface area contributed by atoms with Crippen LogP contribution in [0.15, 0.2) is 78.9 Å². The van der Waals surface area contributed by atoms with Crippen LogP contribution in [0.4, 0.5) is 13.2 Å². The molecule has 0 unspecified atom stereocenters. The zero-order chi connectivity index (χ0) is 30.2. The van der Waals surface area contributed by atoms with E-state index >= 15 is 0 Å². The van der Waals surface area contributed by atoms with E-state index in [1.165, 1.54) is 16.4 Å². The Morgan fingerprint density at radius 1 is 0.634 bits per heavy atom. The van der Waals surface area contributed by atoms with Crippen molar-refractivity contribution in [1.29, 1.82) is 0 Å². The van der Waals surface area contributed by atoms with Crippen molar-refractivity contribution < 1.29 is 42.6 Å². The van der Waals surface area contributed by atoms with Crippen LogP contribution in [0.3, 0.4) is 0 Å². The van der Waals surface area contributed by atoms with E-state index < -0.39 is 12.1 Å². The van der Waals surface area contributed by atoms with Gasteiger partial charge in [0.05, 0.1) is 0 Å². The van der Waals surface area contributed by atoms with Gasteiger partial charge in [0, 0.05) is 19.5 Å². The molecule has 0 atom stereocenters. The van der Waals surface area contributed by atoms with E-state index in [9.17, 15) is 13.2 Å². The molecule has 3 rings (SSSR count). The normalized spacial score (nSPS) is 11.6. The summed E-state index contributed by atoms with van der Waals surface area (Å²) >= 11 is 0. The van der Waals surface area contributed by atoms with E-state index in [2.05, 4.69) is 134 Å². The molecule has 0 saturated heterocycles. The van der Waals surface area contributed by atoms with Gasteiger partial charge in [0.15, 0.2) is 0 Å². The average molecular weight is 691 g/mol. The van der Waals surface area contributed by atoms with Crippen molar-refractivity contribution in [3.8, 4) is 0 Å². The third-order valence-corrected chi connectivity index (χ3v) is 13.0. The van der Waals surface area contributed by atoms with Crippen LogP contribution in [0, 0.1) is 0 Å². The summed E-state index contributed by atoms with van der Waals surface area (Å²) in [5, 5.41) is 10.3. The van der Waals surface area contributed by atoms with Gasteiger partial charge >= 0.3 is 12.1 Å². The van der Waals surface area contributed by atoms with Crippen molar-refractivity contribution in [2.24, 2.45) is 0 Å². The van der Waals surface area contributed by atoms with Crippen LogP contribution in [0.25, 0.3) is 0 Å². The van der Waals surface area contributed by atoms with Gasteiger partial charge in [-0.15, -0.1) is 0 Å². The number of aliphatic carboxylic acids is 1. The summed E-state index contributed by atoms with van der Waals surface area (Å²) in [7, 11) is -0.505. The number of halogens is 3. The Balaban J connectivity index is 0.000000933. The fourth-order valence-electron chi connectivity index (χ4n) is 5.41.